The van der Waals surface area contributed by atoms with Crippen molar-refractivity contribution in [1.82, 2.24) is 9.97 Å². The van der Waals surface area contributed by atoms with Crippen LogP contribution in [0.4, 0.5) is 0 Å². The molecule has 0 saturated carbocycles. The molecule has 0 aliphatic rings. The van der Waals surface area contributed by atoms with Gasteiger partial charge in [-0.05, 0) is 24.6 Å². The number of hydrogen-bond acceptors (Lipinski definition) is 4. The van der Waals surface area contributed by atoms with E-state index in [1.165, 1.54) is 17.0 Å². The van der Waals surface area contributed by atoms with Crippen LogP contribution in [0.15, 0.2) is 30.3 Å². The lowest BCUT2D eigenvalue weighted by atomic mass is 10.1. The van der Waals surface area contributed by atoms with E-state index >= 15 is 0 Å². The molecule has 4 nitrogen and oxygen atoms in total. The fourth-order valence-electron chi connectivity index (χ4n) is 2.00. The zero-order valence-corrected chi connectivity index (χ0v) is 12.7. The molecule has 1 aromatic carbocycles. The molecule has 0 saturated heterocycles. The maximum atomic E-state index is 10.9. The number of aromatic nitrogens is 2. The summed E-state index contributed by atoms with van der Waals surface area (Å²) in [5.41, 5.74) is 0.977. The fourth-order valence-corrected chi connectivity index (χ4v) is 3.25. The summed E-state index contributed by atoms with van der Waals surface area (Å²) in [6.45, 7) is 2.08. The Morgan fingerprint density at radius 2 is 2.00 bits per heavy atom. The maximum Gasteiger partial charge on any atom is 0.335 e. The molecular weight excluding hydrogens is 308 g/mol. The van der Waals surface area contributed by atoms with Crippen molar-refractivity contribution >= 4 is 39.1 Å². The van der Waals surface area contributed by atoms with E-state index in [9.17, 15) is 4.79 Å². The van der Waals surface area contributed by atoms with E-state index in [0.717, 1.165) is 22.2 Å². The molecular formula is C15H11ClN2O2S. The Morgan fingerprint density at radius 1 is 1.29 bits per heavy atom. The lowest BCUT2D eigenvalue weighted by Crippen LogP contribution is -1.96. The Morgan fingerprint density at radius 3 is 2.62 bits per heavy atom. The molecule has 0 radical (unpaired) electrons. The predicted molar refractivity (Wildman–Crippen MR) is 84.2 cm³/mol. The molecule has 0 spiro atoms. The van der Waals surface area contributed by atoms with E-state index in [2.05, 4.69) is 16.9 Å². The number of nitrogens with zero attached hydrogens (tertiary/aromatic N) is 2. The second kappa shape index (κ2) is 5.42. The Kier molecular flexibility index (Phi) is 3.61. The summed E-state index contributed by atoms with van der Waals surface area (Å²) >= 11 is 7.82. The zero-order chi connectivity index (χ0) is 15.0. The second-order valence-corrected chi connectivity index (χ2v) is 5.98. The number of rotatable bonds is 3. The van der Waals surface area contributed by atoms with Gasteiger partial charge in [0.25, 0.3) is 0 Å². The third kappa shape index (κ3) is 2.62. The van der Waals surface area contributed by atoms with Crippen LogP contribution in [0.5, 0.6) is 0 Å². The molecule has 1 N–H and O–H groups in total. The third-order valence-corrected chi connectivity index (χ3v) is 4.60. The van der Waals surface area contributed by atoms with Crippen LogP contribution in [-0.2, 0) is 6.42 Å². The summed E-state index contributed by atoms with van der Waals surface area (Å²) in [6, 6.07) is 8.46. The second-order valence-electron chi connectivity index (χ2n) is 4.51. The number of fused-ring (bicyclic) bond motifs is 1. The minimum absolute atomic E-state index is 0.232. The zero-order valence-electron chi connectivity index (χ0n) is 11.1. The van der Waals surface area contributed by atoms with Crippen molar-refractivity contribution in [2.45, 2.75) is 13.3 Å². The molecule has 21 heavy (non-hydrogen) atoms. The summed E-state index contributed by atoms with van der Waals surface area (Å²) in [5.74, 6) is -0.448. The van der Waals surface area contributed by atoms with Crippen molar-refractivity contribution in [2.24, 2.45) is 0 Å². The Labute approximate surface area is 130 Å². The van der Waals surface area contributed by atoms with E-state index in [0.29, 0.717) is 11.0 Å². The van der Waals surface area contributed by atoms with Crippen LogP contribution in [0, 0.1) is 0 Å². The highest BCUT2D eigenvalue weighted by Crippen LogP contribution is 2.31. The van der Waals surface area contributed by atoms with Gasteiger partial charge in [0.2, 0.25) is 0 Å². The van der Waals surface area contributed by atoms with Gasteiger partial charge in [0.15, 0.2) is 5.82 Å². The van der Waals surface area contributed by atoms with Crippen LogP contribution in [0.3, 0.4) is 0 Å². The molecule has 0 fully saturated rings. The molecule has 0 aliphatic heterocycles. The quantitative estimate of drug-likeness (QED) is 0.732. The SMILES string of the molecule is CCc1cc2c(Cl)nc(-c3ccc(C(=O)O)cc3)nc2s1. The van der Waals surface area contributed by atoms with Crippen molar-refractivity contribution in [2.75, 3.05) is 0 Å². The van der Waals surface area contributed by atoms with Gasteiger partial charge in [-0.3, -0.25) is 0 Å². The highest BCUT2D eigenvalue weighted by Gasteiger charge is 2.11. The first-order valence-electron chi connectivity index (χ1n) is 6.38. The molecule has 3 aromatic rings. The van der Waals surface area contributed by atoms with Crippen molar-refractivity contribution < 1.29 is 9.90 Å². The average molecular weight is 319 g/mol. The predicted octanol–water partition coefficient (Wildman–Crippen LogP) is 4.27. The van der Waals surface area contributed by atoms with E-state index in [1.54, 1.807) is 23.5 Å². The van der Waals surface area contributed by atoms with E-state index in [4.69, 9.17) is 16.7 Å². The van der Waals surface area contributed by atoms with Crippen molar-refractivity contribution in [3.05, 3.63) is 45.9 Å². The smallest absolute Gasteiger partial charge is 0.335 e. The Hall–Kier alpha value is -1.98. The number of hydrogen-bond donors (Lipinski definition) is 1. The highest BCUT2D eigenvalue weighted by molar-refractivity contribution is 7.18. The van der Waals surface area contributed by atoms with Crippen molar-refractivity contribution in [3.8, 4) is 11.4 Å². The van der Waals surface area contributed by atoms with Gasteiger partial charge in [-0.25, -0.2) is 14.8 Å². The van der Waals surface area contributed by atoms with Crippen LogP contribution in [0.1, 0.15) is 22.2 Å². The molecule has 0 amide bonds. The number of aryl methyl sites for hydroxylation is 1. The first-order chi connectivity index (χ1) is 10.1. The summed E-state index contributed by atoms with van der Waals surface area (Å²) in [7, 11) is 0. The van der Waals surface area contributed by atoms with E-state index < -0.39 is 5.97 Å². The van der Waals surface area contributed by atoms with Crippen LogP contribution in [0.2, 0.25) is 5.15 Å². The maximum absolute atomic E-state index is 10.9. The summed E-state index contributed by atoms with van der Waals surface area (Å²) in [4.78, 5) is 21.8. The first-order valence-corrected chi connectivity index (χ1v) is 7.57. The molecule has 2 aromatic heterocycles. The standard InChI is InChI=1S/C15H11ClN2O2S/c1-2-10-7-11-12(16)17-13(18-14(11)21-10)8-3-5-9(6-4-8)15(19)20/h3-7H,2H2,1H3,(H,19,20). The highest BCUT2D eigenvalue weighted by atomic mass is 35.5. The molecule has 3 rings (SSSR count). The minimum Gasteiger partial charge on any atom is -0.478 e. The number of aromatic carboxylic acids is 1. The van der Waals surface area contributed by atoms with E-state index in [-0.39, 0.29) is 5.56 Å². The number of thiophene rings is 1. The van der Waals surface area contributed by atoms with Crippen LogP contribution < -0.4 is 0 Å². The number of benzene rings is 1. The fraction of sp³-hybridized carbons (Fsp3) is 0.133. The largest absolute Gasteiger partial charge is 0.478 e. The third-order valence-electron chi connectivity index (χ3n) is 3.14. The molecule has 2 heterocycles. The molecule has 6 heteroatoms. The van der Waals surface area contributed by atoms with Gasteiger partial charge in [-0.15, -0.1) is 11.3 Å². The normalized spacial score (nSPS) is 11.0. The van der Waals surface area contributed by atoms with Gasteiger partial charge in [-0.1, -0.05) is 30.7 Å². The van der Waals surface area contributed by atoms with Gasteiger partial charge in [0.05, 0.1) is 5.56 Å². The molecule has 0 aliphatic carbocycles. The van der Waals surface area contributed by atoms with Gasteiger partial charge in [0.1, 0.15) is 9.98 Å². The van der Waals surface area contributed by atoms with Gasteiger partial charge < -0.3 is 5.11 Å². The minimum atomic E-state index is -0.957. The van der Waals surface area contributed by atoms with Crippen LogP contribution >= 0.6 is 22.9 Å². The number of carboxylic acid groups (broad SMARTS) is 1. The Bertz CT molecular complexity index is 828. The molecule has 0 atom stereocenters. The molecule has 106 valence electrons. The topological polar surface area (TPSA) is 63.1 Å². The Balaban J connectivity index is 2.09. The number of halogens is 1. The lowest BCUT2D eigenvalue weighted by Gasteiger charge is -2.02. The van der Waals surface area contributed by atoms with E-state index in [1.807, 2.05) is 6.07 Å². The van der Waals surface area contributed by atoms with Gasteiger partial charge >= 0.3 is 5.97 Å². The van der Waals surface area contributed by atoms with Crippen LogP contribution in [-0.4, -0.2) is 21.0 Å². The number of carbonyl (C=O) groups is 1. The number of carboxylic acids is 1. The summed E-state index contributed by atoms with van der Waals surface area (Å²) in [5, 5.41) is 10.2. The lowest BCUT2D eigenvalue weighted by molar-refractivity contribution is 0.0697. The molecule has 0 unspecified atom stereocenters. The monoisotopic (exact) mass is 318 g/mol. The van der Waals surface area contributed by atoms with Crippen LogP contribution in [0.25, 0.3) is 21.6 Å². The van der Waals surface area contributed by atoms with Gasteiger partial charge in [-0.2, -0.15) is 0 Å². The van der Waals surface area contributed by atoms with Gasteiger partial charge in [0, 0.05) is 15.8 Å². The average Bonchev–Trinajstić information content (AvgIpc) is 2.91. The van der Waals surface area contributed by atoms with Crippen molar-refractivity contribution in [1.29, 1.82) is 0 Å². The first kappa shape index (κ1) is 14.0. The molecule has 0 bridgehead atoms. The summed E-state index contributed by atoms with van der Waals surface area (Å²) in [6.07, 6.45) is 0.931. The van der Waals surface area contributed by atoms with Crippen molar-refractivity contribution in [3.63, 3.8) is 0 Å². The summed E-state index contributed by atoms with van der Waals surface area (Å²) < 4.78 is 0.